The first-order chi connectivity index (χ1) is 7.13. The number of rotatable bonds is 1. The molecule has 2 nitrogen and oxygen atoms in total. The van der Waals surface area contributed by atoms with Crippen LogP contribution in [0.3, 0.4) is 0 Å². The lowest BCUT2D eigenvalue weighted by atomic mass is 10.2. The van der Waals surface area contributed by atoms with E-state index in [-0.39, 0.29) is 0 Å². The first kappa shape index (κ1) is 10.3. The molecule has 0 bridgehead atoms. The fraction of sp³-hybridized carbons (Fsp3) is 0.250. The molecule has 0 N–H and O–H groups in total. The van der Waals surface area contributed by atoms with Crippen LogP contribution >= 0.6 is 15.9 Å². The van der Waals surface area contributed by atoms with Crippen molar-refractivity contribution in [1.29, 1.82) is 0 Å². The number of aromatic nitrogens is 1. The number of halogens is 1. The third-order valence-electron chi connectivity index (χ3n) is 2.45. The molecule has 0 aliphatic carbocycles. The van der Waals surface area contributed by atoms with E-state index in [1.165, 1.54) is 0 Å². The first-order valence-corrected chi connectivity index (χ1v) is 5.60. The van der Waals surface area contributed by atoms with Gasteiger partial charge in [0.2, 0.25) is 5.69 Å². The van der Waals surface area contributed by atoms with Crippen molar-refractivity contribution in [3.8, 4) is 0 Å². The Bertz CT molecular complexity index is 546. The molecular formula is C12H11BrN2. The fourth-order valence-corrected chi connectivity index (χ4v) is 2.09. The molecule has 3 heteroatoms. The zero-order valence-electron chi connectivity index (χ0n) is 8.66. The van der Waals surface area contributed by atoms with Gasteiger partial charge in [-0.3, -0.25) is 0 Å². The average Bonchev–Trinajstić information content (AvgIpc) is 2.55. The van der Waals surface area contributed by atoms with Crippen molar-refractivity contribution in [1.82, 2.24) is 4.57 Å². The molecule has 1 heterocycles. The summed E-state index contributed by atoms with van der Waals surface area (Å²) in [4.78, 5) is 3.55. The number of hydrogen-bond acceptors (Lipinski definition) is 0. The minimum Gasteiger partial charge on any atom is -0.356 e. The van der Waals surface area contributed by atoms with Crippen molar-refractivity contribution < 1.29 is 0 Å². The van der Waals surface area contributed by atoms with Gasteiger partial charge in [0, 0.05) is 27.6 Å². The summed E-state index contributed by atoms with van der Waals surface area (Å²) in [6.45, 7) is 11.4. The lowest BCUT2D eigenvalue weighted by Gasteiger charge is -2.09. The normalized spacial score (nSPS) is 10.9. The summed E-state index contributed by atoms with van der Waals surface area (Å²) < 4.78 is 3.15. The van der Waals surface area contributed by atoms with Gasteiger partial charge in [-0.05, 0) is 32.0 Å². The van der Waals surface area contributed by atoms with Crippen molar-refractivity contribution in [2.75, 3.05) is 0 Å². The van der Waals surface area contributed by atoms with Crippen LogP contribution in [-0.4, -0.2) is 4.57 Å². The Morgan fingerprint density at radius 1 is 1.40 bits per heavy atom. The van der Waals surface area contributed by atoms with Crippen molar-refractivity contribution >= 4 is 32.5 Å². The van der Waals surface area contributed by atoms with Gasteiger partial charge in [-0.1, -0.05) is 15.9 Å². The molecule has 1 aromatic heterocycles. The predicted molar refractivity (Wildman–Crippen MR) is 66.3 cm³/mol. The molecule has 0 aliphatic rings. The molecule has 0 amide bonds. The van der Waals surface area contributed by atoms with Crippen LogP contribution in [0.4, 0.5) is 5.69 Å². The van der Waals surface area contributed by atoms with Crippen LogP contribution in [-0.2, 0) is 0 Å². The maximum Gasteiger partial charge on any atom is 0.212 e. The van der Waals surface area contributed by atoms with Gasteiger partial charge in [-0.2, -0.15) is 0 Å². The second-order valence-corrected chi connectivity index (χ2v) is 4.70. The Morgan fingerprint density at radius 2 is 2.13 bits per heavy atom. The summed E-state index contributed by atoms with van der Waals surface area (Å²) in [5.74, 6) is 0. The standard InChI is InChI=1S/C12H11BrN2/c1-8(2)15-7-11(14-3)10-6-9(13)4-5-12(10)15/h4-8H,1-2H3. The van der Waals surface area contributed by atoms with Gasteiger partial charge in [0.1, 0.15) is 0 Å². The molecule has 0 saturated heterocycles. The lowest BCUT2D eigenvalue weighted by Crippen LogP contribution is -1.97. The summed E-state index contributed by atoms with van der Waals surface area (Å²) in [5.41, 5.74) is 1.85. The molecule has 0 atom stereocenters. The van der Waals surface area contributed by atoms with Gasteiger partial charge in [-0.25, -0.2) is 4.85 Å². The molecule has 0 spiro atoms. The third-order valence-corrected chi connectivity index (χ3v) is 2.94. The van der Waals surface area contributed by atoms with Crippen LogP contribution in [0.2, 0.25) is 0 Å². The average molecular weight is 263 g/mol. The van der Waals surface area contributed by atoms with Gasteiger partial charge < -0.3 is 4.57 Å². The first-order valence-electron chi connectivity index (χ1n) is 4.81. The van der Waals surface area contributed by atoms with Crippen molar-refractivity contribution in [2.24, 2.45) is 0 Å². The molecular weight excluding hydrogens is 252 g/mol. The van der Waals surface area contributed by atoms with E-state index in [1.54, 1.807) is 0 Å². The number of hydrogen-bond donors (Lipinski definition) is 0. The zero-order valence-corrected chi connectivity index (χ0v) is 10.2. The molecule has 0 aliphatic heterocycles. The Morgan fingerprint density at radius 3 is 2.73 bits per heavy atom. The summed E-state index contributed by atoms with van der Waals surface area (Å²) in [7, 11) is 0. The highest BCUT2D eigenvalue weighted by atomic mass is 79.9. The van der Waals surface area contributed by atoms with E-state index < -0.39 is 0 Å². The highest BCUT2D eigenvalue weighted by Gasteiger charge is 2.10. The second-order valence-electron chi connectivity index (χ2n) is 3.79. The van der Waals surface area contributed by atoms with Crippen molar-refractivity contribution in [3.63, 3.8) is 0 Å². The van der Waals surface area contributed by atoms with Crippen molar-refractivity contribution in [2.45, 2.75) is 19.9 Å². The minimum absolute atomic E-state index is 0.379. The highest BCUT2D eigenvalue weighted by Crippen LogP contribution is 2.32. The molecule has 2 aromatic rings. The van der Waals surface area contributed by atoms with Gasteiger partial charge in [0.25, 0.3) is 0 Å². The van der Waals surface area contributed by atoms with E-state index in [9.17, 15) is 0 Å². The smallest absolute Gasteiger partial charge is 0.212 e. The second kappa shape index (κ2) is 3.71. The lowest BCUT2D eigenvalue weighted by molar-refractivity contribution is 0.623. The van der Waals surface area contributed by atoms with E-state index in [2.05, 4.69) is 39.2 Å². The molecule has 0 radical (unpaired) electrons. The van der Waals surface area contributed by atoms with Crippen LogP contribution in [0.1, 0.15) is 19.9 Å². The predicted octanol–water partition coefficient (Wildman–Crippen LogP) is 4.54. The Balaban J connectivity index is 2.82. The van der Waals surface area contributed by atoms with E-state index in [4.69, 9.17) is 6.57 Å². The zero-order chi connectivity index (χ0) is 11.0. The number of nitrogens with zero attached hydrogens (tertiary/aromatic N) is 2. The quantitative estimate of drug-likeness (QED) is 0.668. The molecule has 15 heavy (non-hydrogen) atoms. The van der Waals surface area contributed by atoms with Gasteiger partial charge in [0.15, 0.2) is 0 Å². The fourth-order valence-electron chi connectivity index (χ4n) is 1.73. The van der Waals surface area contributed by atoms with Crippen LogP contribution in [0.5, 0.6) is 0 Å². The van der Waals surface area contributed by atoms with E-state index in [0.29, 0.717) is 6.04 Å². The Kier molecular flexibility index (Phi) is 2.54. The summed E-state index contributed by atoms with van der Waals surface area (Å²) in [6.07, 6.45) is 1.93. The molecule has 76 valence electrons. The van der Waals surface area contributed by atoms with Crippen LogP contribution < -0.4 is 0 Å². The summed E-state index contributed by atoms with van der Waals surface area (Å²) >= 11 is 3.43. The Labute approximate surface area is 97.5 Å². The SMILES string of the molecule is [C-]#[N+]c1cn(C(C)C)c2ccc(Br)cc12. The number of benzene rings is 1. The highest BCUT2D eigenvalue weighted by molar-refractivity contribution is 9.10. The van der Waals surface area contributed by atoms with Crippen LogP contribution in [0.25, 0.3) is 15.7 Å². The Hall–Kier alpha value is -1.27. The van der Waals surface area contributed by atoms with Gasteiger partial charge in [0.05, 0.1) is 6.57 Å². The van der Waals surface area contributed by atoms with E-state index in [0.717, 1.165) is 21.1 Å². The topological polar surface area (TPSA) is 9.29 Å². The van der Waals surface area contributed by atoms with Gasteiger partial charge in [-0.15, -0.1) is 0 Å². The monoisotopic (exact) mass is 262 g/mol. The summed E-state index contributed by atoms with van der Waals surface area (Å²) in [6, 6.07) is 6.44. The van der Waals surface area contributed by atoms with Crippen LogP contribution in [0, 0.1) is 6.57 Å². The molecule has 0 saturated carbocycles. The molecule has 2 rings (SSSR count). The largest absolute Gasteiger partial charge is 0.356 e. The molecule has 1 aromatic carbocycles. The van der Waals surface area contributed by atoms with E-state index in [1.807, 2.05) is 24.4 Å². The third kappa shape index (κ3) is 1.66. The van der Waals surface area contributed by atoms with E-state index >= 15 is 0 Å². The minimum atomic E-state index is 0.379. The number of fused-ring (bicyclic) bond motifs is 1. The maximum atomic E-state index is 7.15. The van der Waals surface area contributed by atoms with Crippen LogP contribution in [0.15, 0.2) is 28.9 Å². The molecule has 0 unspecified atom stereocenters. The summed E-state index contributed by atoms with van der Waals surface area (Å²) in [5, 5.41) is 1.02. The molecule has 0 fully saturated rings. The maximum absolute atomic E-state index is 7.15. The van der Waals surface area contributed by atoms with Gasteiger partial charge >= 0.3 is 0 Å². The van der Waals surface area contributed by atoms with Crippen molar-refractivity contribution in [3.05, 3.63) is 40.3 Å².